The normalized spacial score (nSPS) is 13.0. The van der Waals surface area contributed by atoms with E-state index in [0.717, 1.165) is 44.5 Å². The second-order valence-electron chi connectivity index (χ2n) is 8.71. The molecule has 1 atom stereocenters. The van der Waals surface area contributed by atoms with E-state index in [1.165, 1.54) is 0 Å². The minimum Gasteiger partial charge on any atom is -0.508 e. The number of phenolic OH excluding ortho intramolecular Hbond substituents is 3. The number of aryl methyl sites for hydroxylation is 3. The van der Waals surface area contributed by atoms with Gasteiger partial charge in [-0.3, -0.25) is 0 Å². The first-order valence-electron chi connectivity index (χ1n) is 10.7. The summed E-state index contributed by atoms with van der Waals surface area (Å²) in [6.45, 7) is 7.92. The van der Waals surface area contributed by atoms with Crippen LogP contribution in [0, 0.1) is 20.8 Å². The molecule has 4 aromatic carbocycles. The van der Waals surface area contributed by atoms with E-state index < -0.39 is 5.41 Å². The molecular weight excluding hydrogens is 396 g/mol. The summed E-state index contributed by atoms with van der Waals surface area (Å²) < 4.78 is 0. The van der Waals surface area contributed by atoms with Crippen molar-refractivity contribution in [1.82, 2.24) is 0 Å². The van der Waals surface area contributed by atoms with Crippen LogP contribution in [0.15, 0.2) is 78.9 Å². The van der Waals surface area contributed by atoms with Gasteiger partial charge in [0.05, 0.1) is 0 Å². The molecule has 0 saturated carbocycles. The highest BCUT2D eigenvalue weighted by atomic mass is 16.3. The van der Waals surface area contributed by atoms with Gasteiger partial charge in [-0.05, 0) is 90.4 Å². The molecule has 0 aromatic heterocycles. The summed E-state index contributed by atoms with van der Waals surface area (Å²) in [5, 5.41) is 30.0. The van der Waals surface area contributed by atoms with Gasteiger partial charge in [-0.2, -0.15) is 0 Å². The average Bonchev–Trinajstić information content (AvgIpc) is 2.79. The van der Waals surface area contributed by atoms with E-state index in [-0.39, 0.29) is 11.5 Å². The van der Waals surface area contributed by atoms with Crippen LogP contribution in [0.1, 0.15) is 40.3 Å². The van der Waals surface area contributed by atoms with Crippen LogP contribution in [0.4, 0.5) is 0 Å². The van der Waals surface area contributed by atoms with E-state index in [2.05, 4.69) is 31.2 Å². The van der Waals surface area contributed by atoms with Crippen LogP contribution >= 0.6 is 0 Å². The van der Waals surface area contributed by atoms with Crippen molar-refractivity contribution in [3.05, 3.63) is 112 Å². The zero-order valence-corrected chi connectivity index (χ0v) is 18.8. The zero-order chi connectivity index (χ0) is 23.0. The maximum Gasteiger partial charge on any atom is 0.121 e. The molecule has 32 heavy (non-hydrogen) atoms. The average molecular weight is 425 g/mol. The van der Waals surface area contributed by atoms with Crippen molar-refractivity contribution in [2.75, 3.05) is 0 Å². The van der Waals surface area contributed by atoms with E-state index in [0.29, 0.717) is 5.75 Å². The summed E-state index contributed by atoms with van der Waals surface area (Å²) in [6.07, 6.45) is 0. The third-order valence-electron chi connectivity index (χ3n) is 6.51. The molecule has 3 heteroatoms. The molecule has 0 fully saturated rings. The third-order valence-corrected chi connectivity index (χ3v) is 6.51. The molecule has 4 rings (SSSR count). The molecule has 0 amide bonds. The molecule has 0 heterocycles. The molecule has 0 aliphatic carbocycles. The lowest BCUT2D eigenvalue weighted by atomic mass is 9.70. The quantitative estimate of drug-likeness (QED) is 0.318. The van der Waals surface area contributed by atoms with Gasteiger partial charge in [-0.15, -0.1) is 0 Å². The Morgan fingerprint density at radius 3 is 1.53 bits per heavy atom. The predicted molar refractivity (Wildman–Crippen MR) is 130 cm³/mol. The molecule has 3 N–H and O–H groups in total. The Labute approximate surface area is 189 Å². The number of benzene rings is 4. The molecule has 0 spiro atoms. The summed E-state index contributed by atoms with van der Waals surface area (Å²) in [7, 11) is 0. The summed E-state index contributed by atoms with van der Waals surface area (Å²) in [5.74, 6) is 0.844. The fourth-order valence-corrected chi connectivity index (χ4v) is 4.36. The standard InChI is InChI=1S/C29H28O3/c1-18-15-24(11-14-27(18)31)29(4,25-16-19(2)28(32)20(3)17-25)23-9-5-21(6-10-23)22-7-12-26(30)13-8-22/h5-17,30-32H,1-4H3. The predicted octanol–water partition coefficient (Wildman–Crippen LogP) is 6.75. The summed E-state index contributed by atoms with van der Waals surface area (Å²) in [6, 6.07) is 25.4. The van der Waals surface area contributed by atoms with Crippen molar-refractivity contribution >= 4 is 0 Å². The fraction of sp³-hybridized carbons (Fsp3) is 0.172. The second kappa shape index (κ2) is 8.08. The summed E-state index contributed by atoms with van der Waals surface area (Å²) in [4.78, 5) is 0. The Morgan fingerprint density at radius 1 is 0.531 bits per heavy atom. The Morgan fingerprint density at radius 2 is 1.00 bits per heavy atom. The van der Waals surface area contributed by atoms with Crippen molar-refractivity contribution < 1.29 is 15.3 Å². The molecule has 0 aliphatic rings. The van der Waals surface area contributed by atoms with Crippen LogP contribution in [0.5, 0.6) is 17.2 Å². The van der Waals surface area contributed by atoms with Crippen molar-refractivity contribution in [1.29, 1.82) is 0 Å². The van der Waals surface area contributed by atoms with Crippen molar-refractivity contribution in [2.24, 2.45) is 0 Å². The summed E-state index contributed by atoms with van der Waals surface area (Å²) in [5.41, 5.74) is 7.35. The second-order valence-corrected chi connectivity index (χ2v) is 8.71. The van der Waals surface area contributed by atoms with Gasteiger partial charge in [-0.1, -0.05) is 60.7 Å². The number of aromatic hydroxyl groups is 3. The van der Waals surface area contributed by atoms with Crippen LogP contribution in [-0.4, -0.2) is 15.3 Å². The van der Waals surface area contributed by atoms with E-state index in [1.54, 1.807) is 18.2 Å². The van der Waals surface area contributed by atoms with Gasteiger partial charge in [0.2, 0.25) is 0 Å². The first-order chi connectivity index (χ1) is 15.2. The van der Waals surface area contributed by atoms with Gasteiger partial charge in [0.15, 0.2) is 0 Å². The molecule has 162 valence electrons. The van der Waals surface area contributed by atoms with Crippen molar-refractivity contribution in [3.63, 3.8) is 0 Å². The van der Waals surface area contributed by atoms with Gasteiger partial charge >= 0.3 is 0 Å². The number of rotatable bonds is 4. The molecule has 4 aromatic rings. The Hall–Kier alpha value is -3.72. The fourth-order valence-electron chi connectivity index (χ4n) is 4.36. The molecule has 3 nitrogen and oxygen atoms in total. The van der Waals surface area contributed by atoms with Gasteiger partial charge in [0.25, 0.3) is 0 Å². The van der Waals surface area contributed by atoms with E-state index in [1.807, 2.05) is 57.2 Å². The minimum atomic E-state index is -0.491. The first-order valence-corrected chi connectivity index (χ1v) is 10.7. The molecule has 0 bridgehead atoms. The zero-order valence-electron chi connectivity index (χ0n) is 18.8. The molecular formula is C29H28O3. The monoisotopic (exact) mass is 424 g/mol. The Balaban J connectivity index is 1.89. The Bertz CT molecular complexity index is 1250. The van der Waals surface area contributed by atoms with Crippen LogP contribution in [-0.2, 0) is 5.41 Å². The lowest BCUT2D eigenvalue weighted by Crippen LogP contribution is -2.26. The van der Waals surface area contributed by atoms with Crippen LogP contribution in [0.3, 0.4) is 0 Å². The lowest BCUT2D eigenvalue weighted by molar-refractivity contribution is 0.466. The Kier molecular flexibility index (Phi) is 5.43. The third kappa shape index (κ3) is 3.71. The van der Waals surface area contributed by atoms with Gasteiger partial charge in [0.1, 0.15) is 17.2 Å². The topological polar surface area (TPSA) is 60.7 Å². The smallest absolute Gasteiger partial charge is 0.121 e. The highest BCUT2D eigenvalue weighted by Gasteiger charge is 2.32. The van der Waals surface area contributed by atoms with Crippen molar-refractivity contribution in [3.8, 4) is 28.4 Å². The highest BCUT2D eigenvalue weighted by Crippen LogP contribution is 2.42. The minimum absolute atomic E-state index is 0.249. The summed E-state index contributed by atoms with van der Waals surface area (Å²) >= 11 is 0. The lowest BCUT2D eigenvalue weighted by Gasteiger charge is -2.33. The molecule has 0 aliphatic heterocycles. The maximum absolute atomic E-state index is 10.3. The largest absolute Gasteiger partial charge is 0.508 e. The van der Waals surface area contributed by atoms with E-state index >= 15 is 0 Å². The number of phenols is 3. The van der Waals surface area contributed by atoms with Gasteiger partial charge < -0.3 is 15.3 Å². The van der Waals surface area contributed by atoms with Crippen LogP contribution < -0.4 is 0 Å². The van der Waals surface area contributed by atoms with E-state index in [4.69, 9.17) is 0 Å². The van der Waals surface area contributed by atoms with Gasteiger partial charge in [0, 0.05) is 5.41 Å². The van der Waals surface area contributed by atoms with Gasteiger partial charge in [-0.25, -0.2) is 0 Å². The molecule has 0 radical (unpaired) electrons. The molecule has 1 unspecified atom stereocenters. The van der Waals surface area contributed by atoms with E-state index in [9.17, 15) is 15.3 Å². The SMILES string of the molecule is Cc1cc(C(C)(c2ccc(-c3ccc(O)cc3)cc2)c2cc(C)c(O)c(C)c2)ccc1O. The number of hydrogen-bond donors (Lipinski definition) is 3. The maximum atomic E-state index is 10.3. The van der Waals surface area contributed by atoms with Crippen molar-refractivity contribution in [2.45, 2.75) is 33.1 Å². The number of hydrogen-bond acceptors (Lipinski definition) is 3. The van der Waals surface area contributed by atoms with Crippen LogP contribution in [0.25, 0.3) is 11.1 Å². The first kappa shape index (κ1) is 21.5. The van der Waals surface area contributed by atoms with Crippen LogP contribution in [0.2, 0.25) is 0 Å². The molecule has 0 saturated heterocycles. The highest BCUT2D eigenvalue weighted by molar-refractivity contribution is 5.66.